The second-order valence-electron chi connectivity index (χ2n) is 5.70. The van der Waals surface area contributed by atoms with E-state index in [0.29, 0.717) is 6.04 Å². The van der Waals surface area contributed by atoms with Crippen molar-refractivity contribution in [1.29, 1.82) is 0 Å². The molecule has 3 N–H and O–H groups in total. The summed E-state index contributed by atoms with van der Waals surface area (Å²) in [5, 5.41) is 8.71. The Kier molecular flexibility index (Phi) is 6.84. The molecule has 0 saturated heterocycles. The van der Waals surface area contributed by atoms with Gasteiger partial charge in [-0.3, -0.25) is 9.59 Å². The monoisotopic (exact) mass is 325 g/mol. The predicted octanol–water partition coefficient (Wildman–Crippen LogP) is 1.92. The normalized spacial score (nSPS) is 14.7. The average Bonchev–Trinajstić information content (AvgIpc) is 3.24. The zero-order chi connectivity index (χ0) is 15.4. The van der Waals surface area contributed by atoms with Gasteiger partial charge in [-0.1, -0.05) is 18.2 Å². The lowest BCUT2D eigenvalue weighted by molar-refractivity contribution is -0.125. The van der Waals surface area contributed by atoms with Crippen molar-refractivity contribution < 1.29 is 9.59 Å². The molecule has 0 radical (unpaired) electrons. The third-order valence-electron chi connectivity index (χ3n) is 3.63. The summed E-state index contributed by atoms with van der Waals surface area (Å²) in [6, 6.07) is 6.05. The Bertz CT molecular complexity index is 524. The minimum atomic E-state index is -0.259. The molecule has 1 aromatic rings. The zero-order valence-electron chi connectivity index (χ0n) is 13.2. The molecule has 122 valence electrons. The molecule has 0 aromatic heterocycles. The summed E-state index contributed by atoms with van der Waals surface area (Å²) in [7, 11) is 0. The van der Waals surface area contributed by atoms with Gasteiger partial charge < -0.3 is 16.0 Å². The third kappa shape index (κ3) is 5.31. The summed E-state index contributed by atoms with van der Waals surface area (Å²) < 4.78 is 0. The van der Waals surface area contributed by atoms with Crippen LogP contribution in [0.3, 0.4) is 0 Å². The van der Waals surface area contributed by atoms with Crippen LogP contribution in [0.2, 0.25) is 0 Å². The second-order valence-corrected chi connectivity index (χ2v) is 5.70. The summed E-state index contributed by atoms with van der Waals surface area (Å²) in [6.45, 7) is 5.70. The topological polar surface area (TPSA) is 70.2 Å². The third-order valence-corrected chi connectivity index (χ3v) is 3.63. The molecule has 1 aromatic carbocycles. The van der Waals surface area contributed by atoms with Gasteiger partial charge in [0.25, 0.3) is 0 Å². The number of anilines is 1. The molecule has 6 heteroatoms. The van der Waals surface area contributed by atoms with Gasteiger partial charge in [0.2, 0.25) is 11.8 Å². The quantitative estimate of drug-likeness (QED) is 0.748. The smallest absolute Gasteiger partial charge is 0.243 e. The number of hydrogen-bond donors (Lipinski definition) is 3. The van der Waals surface area contributed by atoms with E-state index in [-0.39, 0.29) is 36.8 Å². The van der Waals surface area contributed by atoms with Crippen LogP contribution >= 0.6 is 12.4 Å². The lowest BCUT2D eigenvalue weighted by Gasteiger charge is -2.14. The average molecular weight is 326 g/mol. The maximum Gasteiger partial charge on any atom is 0.243 e. The number of para-hydroxylation sites is 1. The van der Waals surface area contributed by atoms with E-state index in [0.717, 1.165) is 29.7 Å². The molecule has 0 aliphatic heterocycles. The van der Waals surface area contributed by atoms with Gasteiger partial charge >= 0.3 is 0 Å². The van der Waals surface area contributed by atoms with Crippen LogP contribution in [-0.4, -0.2) is 30.4 Å². The van der Waals surface area contributed by atoms with E-state index in [1.807, 2.05) is 39.0 Å². The lowest BCUT2D eigenvalue weighted by atomic mass is 10.1. The Morgan fingerprint density at radius 3 is 2.36 bits per heavy atom. The van der Waals surface area contributed by atoms with Crippen molar-refractivity contribution >= 4 is 29.9 Å². The van der Waals surface area contributed by atoms with E-state index in [1.165, 1.54) is 0 Å². The maximum absolute atomic E-state index is 11.9. The van der Waals surface area contributed by atoms with Crippen LogP contribution in [-0.2, 0) is 9.59 Å². The summed E-state index contributed by atoms with van der Waals surface area (Å²) in [5.74, 6) is -0.349. The van der Waals surface area contributed by atoms with Gasteiger partial charge in [0, 0.05) is 11.7 Å². The maximum atomic E-state index is 11.9. The van der Waals surface area contributed by atoms with Gasteiger partial charge in [-0.15, -0.1) is 12.4 Å². The first-order valence-corrected chi connectivity index (χ1v) is 7.37. The van der Waals surface area contributed by atoms with Crippen LogP contribution in [0.5, 0.6) is 0 Å². The number of hydrogen-bond acceptors (Lipinski definition) is 3. The zero-order valence-corrected chi connectivity index (χ0v) is 14.0. The van der Waals surface area contributed by atoms with E-state index >= 15 is 0 Å². The molecule has 1 fully saturated rings. The summed E-state index contributed by atoms with van der Waals surface area (Å²) >= 11 is 0. The second kappa shape index (κ2) is 8.15. The number of carbonyl (C=O) groups is 2. The first-order chi connectivity index (χ1) is 9.97. The van der Waals surface area contributed by atoms with E-state index in [1.54, 1.807) is 0 Å². The van der Waals surface area contributed by atoms with Crippen LogP contribution in [0, 0.1) is 13.8 Å². The summed E-state index contributed by atoms with van der Waals surface area (Å²) in [6.07, 6.45) is 2.26. The van der Waals surface area contributed by atoms with Crippen molar-refractivity contribution in [3.05, 3.63) is 29.3 Å². The van der Waals surface area contributed by atoms with Crippen molar-refractivity contribution in [1.82, 2.24) is 10.6 Å². The Balaban J connectivity index is 0.00000242. The highest BCUT2D eigenvalue weighted by Crippen LogP contribution is 2.19. The molecule has 0 heterocycles. The van der Waals surface area contributed by atoms with Crippen molar-refractivity contribution in [3.8, 4) is 0 Å². The van der Waals surface area contributed by atoms with Gasteiger partial charge in [0.1, 0.15) is 0 Å². The molecule has 1 aliphatic carbocycles. The Morgan fingerprint density at radius 2 is 1.82 bits per heavy atom. The van der Waals surface area contributed by atoms with E-state index in [4.69, 9.17) is 0 Å². The molecule has 0 bridgehead atoms. The molecular formula is C16H24ClN3O2. The molecule has 1 atom stereocenters. The fourth-order valence-electron chi connectivity index (χ4n) is 2.19. The van der Waals surface area contributed by atoms with Gasteiger partial charge in [-0.2, -0.15) is 0 Å². The number of rotatable bonds is 6. The number of carbonyl (C=O) groups excluding carboxylic acids is 2. The van der Waals surface area contributed by atoms with Crippen LogP contribution < -0.4 is 16.0 Å². The van der Waals surface area contributed by atoms with Crippen LogP contribution in [0.1, 0.15) is 30.9 Å². The minimum absolute atomic E-state index is 0. The predicted molar refractivity (Wildman–Crippen MR) is 90.4 cm³/mol. The molecule has 5 nitrogen and oxygen atoms in total. The standard InChI is InChI=1S/C16H23N3O2.ClH/c1-10-5-4-6-11(2)15(10)19-14(20)9-17-16(21)12(3)18-13-7-8-13;/h4-6,12-13,18H,7-9H2,1-3H3,(H,17,21)(H,19,20);1H. The Morgan fingerprint density at radius 1 is 1.23 bits per heavy atom. The SMILES string of the molecule is Cc1cccc(C)c1NC(=O)CNC(=O)C(C)NC1CC1.Cl. The molecule has 2 rings (SSSR count). The molecule has 1 saturated carbocycles. The van der Waals surface area contributed by atoms with Crippen LogP contribution in [0.4, 0.5) is 5.69 Å². The number of halogens is 1. The molecule has 0 spiro atoms. The molecule has 2 amide bonds. The first-order valence-electron chi connectivity index (χ1n) is 7.37. The largest absolute Gasteiger partial charge is 0.346 e. The number of aryl methyl sites for hydroxylation is 2. The van der Waals surface area contributed by atoms with Crippen molar-refractivity contribution in [2.75, 3.05) is 11.9 Å². The van der Waals surface area contributed by atoms with Gasteiger partial charge in [-0.05, 0) is 44.7 Å². The molecule has 22 heavy (non-hydrogen) atoms. The molecular weight excluding hydrogens is 302 g/mol. The highest BCUT2D eigenvalue weighted by atomic mass is 35.5. The van der Waals surface area contributed by atoms with Gasteiger partial charge in [0.05, 0.1) is 12.6 Å². The van der Waals surface area contributed by atoms with Crippen molar-refractivity contribution in [2.24, 2.45) is 0 Å². The summed E-state index contributed by atoms with van der Waals surface area (Å²) in [5.41, 5.74) is 2.85. The van der Waals surface area contributed by atoms with E-state index < -0.39 is 0 Å². The van der Waals surface area contributed by atoms with E-state index in [2.05, 4.69) is 16.0 Å². The van der Waals surface area contributed by atoms with Gasteiger partial charge in [-0.25, -0.2) is 0 Å². The highest BCUT2D eigenvalue weighted by molar-refractivity contribution is 5.96. The fraction of sp³-hybridized carbons (Fsp3) is 0.500. The molecule has 1 aliphatic rings. The van der Waals surface area contributed by atoms with Crippen molar-refractivity contribution in [3.63, 3.8) is 0 Å². The molecule has 1 unspecified atom stereocenters. The highest BCUT2D eigenvalue weighted by Gasteiger charge is 2.25. The number of nitrogens with one attached hydrogen (secondary N) is 3. The minimum Gasteiger partial charge on any atom is -0.346 e. The number of amides is 2. The summed E-state index contributed by atoms with van der Waals surface area (Å²) in [4.78, 5) is 23.8. The van der Waals surface area contributed by atoms with E-state index in [9.17, 15) is 9.59 Å². The van der Waals surface area contributed by atoms with Gasteiger partial charge in [0.15, 0.2) is 0 Å². The number of benzene rings is 1. The van der Waals surface area contributed by atoms with Crippen LogP contribution in [0.25, 0.3) is 0 Å². The Hall–Kier alpha value is -1.59. The van der Waals surface area contributed by atoms with Crippen LogP contribution in [0.15, 0.2) is 18.2 Å². The Labute approximate surface area is 137 Å². The first kappa shape index (κ1) is 18.5. The lowest BCUT2D eigenvalue weighted by Crippen LogP contribution is -2.45. The van der Waals surface area contributed by atoms with Crippen molar-refractivity contribution in [2.45, 2.75) is 45.7 Å². The fourth-order valence-corrected chi connectivity index (χ4v) is 2.19.